The Morgan fingerprint density at radius 3 is 2.65 bits per heavy atom. The van der Waals surface area contributed by atoms with Crippen molar-refractivity contribution >= 4 is 29.3 Å². The first-order valence-electron chi connectivity index (χ1n) is 7.98. The van der Waals surface area contributed by atoms with Crippen molar-refractivity contribution in [2.45, 2.75) is 6.42 Å². The fourth-order valence-corrected chi connectivity index (χ4v) is 2.85. The number of esters is 1. The summed E-state index contributed by atoms with van der Waals surface area (Å²) in [7, 11) is 3.09. The highest BCUT2D eigenvalue weighted by atomic mass is 32.1. The Kier molecular flexibility index (Phi) is 7.70. The maximum absolute atomic E-state index is 11.7. The number of hydrogen-bond donors (Lipinski definition) is 1. The Morgan fingerprint density at radius 2 is 1.96 bits per heavy atom. The fraction of sp³-hybridized carbons (Fsp3) is 0.263. The van der Waals surface area contributed by atoms with E-state index >= 15 is 0 Å². The molecule has 1 aromatic heterocycles. The molecule has 2 aromatic rings. The zero-order valence-electron chi connectivity index (χ0n) is 14.7. The summed E-state index contributed by atoms with van der Waals surface area (Å²) in [6, 6.07) is 9.23. The van der Waals surface area contributed by atoms with Gasteiger partial charge in [-0.15, -0.1) is 11.3 Å². The number of rotatable bonds is 9. The largest absolute Gasteiger partial charge is 0.493 e. The quantitative estimate of drug-likeness (QED) is 0.539. The Bertz CT molecular complexity index is 755. The molecule has 1 heterocycles. The highest BCUT2D eigenvalue weighted by Crippen LogP contribution is 2.27. The molecule has 0 saturated carbocycles. The van der Waals surface area contributed by atoms with E-state index in [1.165, 1.54) is 18.1 Å². The minimum Gasteiger partial charge on any atom is -0.493 e. The summed E-state index contributed by atoms with van der Waals surface area (Å²) in [5, 5.41) is 4.70. The summed E-state index contributed by atoms with van der Waals surface area (Å²) in [4.78, 5) is 24.6. The molecule has 0 unspecified atom stereocenters. The maximum Gasteiger partial charge on any atom is 0.331 e. The second-order valence-electron chi connectivity index (χ2n) is 5.23. The molecule has 6 nitrogen and oxygen atoms in total. The van der Waals surface area contributed by atoms with Gasteiger partial charge in [-0.1, -0.05) is 12.1 Å². The molecule has 1 N–H and O–H groups in total. The van der Waals surface area contributed by atoms with Crippen molar-refractivity contribution in [1.29, 1.82) is 0 Å². The van der Waals surface area contributed by atoms with Gasteiger partial charge in [-0.3, -0.25) is 4.79 Å². The normalized spacial score (nSPS) is 10.5. The highest BCUT2D eigenvalue weighted by molar-refractivity contribution is 7.09. The molecular formula is C19H21NO5S. The molecule has 0 fully saturated rings. The van der Waals surface area contributed by atoms with Gasteiger partial charge >= 0.3 is 5.97 Å². The van der Waals surface area contributed by atoms with Crippen molar-refractivity contribution in [2.75, 3.05) is 27.4 Å². The van der Waals surface area contributed by atoms with E-state index in [1.54, 1.807) is 42.7 Å². The Labute approximate surface area is 156 Å². The third-order valence-corrected chi connectivity index (χ3v) is 4.37. The molecule has 0 aliphatic rings. The third-order valence-electron chi connectivity index (χ3n) is 3.44. The number of carbonyl (C=O) groups excluding carboxylic acids is 2. The van der Waals surface area contributed by atoms with Gasteiger partial charge in [0.1, 0.15) is 0 Å². The van der Waals surface area contributed by atoms with Crippen LogP contribution in [-0.4, -0.2) is 39.2 Å². The highest BCUT2D eigenvalue weighted by Gasteiger charge is 2.06. The number of benzene rings is 1. The molecule has 2 rings (SSSR count). The van der Waals surface area contributed by atoms with Gasteiger partial charge in [0, 0.05) is 17.5 Å². The molecule has 1 aromatic carbocycles. The Hall–Kier alpha value is -2.80. The molecule has 0 atom stereocenters. The summed E-state index contributed by atoms with van der Waals surface area (Å²) in [6.45, 7) is 0.206. The van der Waals surface area contributed by atoms with Gasteiger partial charge in [0.05, 0.1) is 14.2 Å². The molecule has 0 aliphatic heterocycles. The van der Waals surface area contributed by atoms with Gasteiger partial charge in [-0.2, -0.15) is 0 Å². The van der Waals surface area contributed by atoms with Crippen molar-refractivity contribution in [3.63, 3.8) is 0 Å². The summed E-state index contributed by atoms with van der Waals surface area (Å²) in [5.74, 6) is 0.252. The van der Waals surface area contributed by atoms with Crippen LogP contribution in [0.15, 0.2) is 41.8 Å². The zero-order chi connectivity index (χ0) is 18.8. The number of amides is 1. The van der Waals surface area contributed by atoms with Crippen LogP contribution in [0.2, 0.25) is 0 Å². The molecule has 0 bridgehead atoms. The first-order chi connectivity index (χ1) is 12.6. The average molecular weight is 375 g/mol. The maximum atomic E-state index is 11.7. The van der Waals surface area contributed by atoms with E-state index in [4.69, 9.17) is 14.2 Å². The van der Waals surface area contributed by atoms with Crippen molar-refractivity contribution in [1.82, 2.24) is 5.32 Å². The predicted molar refractivity (Wildman–Crippen MR) is 101 cm³/mol. The lowest BCUT2D eigenvalue weighted by Crippen LogP contribution is -2.30. The van der Waals surface area contributed by atoms with Crippen molar-refractivity contribution in [2.24, 2.45) is 0 Å². The Morgan fingerprint density at radius 1 is 1.15 bits per heavy atom. The molecule has 0 radical (unpaired) electrons. The number of ether oxygens (including phenoxy) is 3. The number of methoxy groups -OCH3 is 2. The average Bonchev–Trinajstić information content (AvgIpc) is 3.17. The zero-order valence-corrected chi connectivity index (χ0v) is 15.5. The molecular weight excluding hydrogens is 354 g/mol. The smallest absolute Gasteiger partial charge is 0.331 e. The third kappa shape index (κ3) is 6.25. The van der Waals surface area contributed by atoms with Gasteiger partial charge in [0.15, 0.2) is 18.1 Å². The van der Waals surface area contributed by atoms with Crippen molar-refractivity contribution < 1.29 is 23.8 Å². The summed E-state index contributed by atoms with van der Waals surface area (Å²) < 4.78 is 15.3. The minimum absolute atomic E-state index is 0.306. The monoisotopic (exact) mass is 375 g/mol. The van der Waals surface area contributed by atoms with E-state index in [-0.39, 0.29) is 12.5 Å². The SMILES string of the molecule is COc1ccc(/C=C/C(=O)OCC(=O)NCCc2cccs2)cc1OC. The van der Waals surface area contributed by atoms with Gasteiger partial charge in [-0.05, 0) is 41.6 Å². The van der Waals surface area contributed by atoms with Crippen molar-refractivity contribution in [3.8, 4) is 11.5 Å². The molecule has 0 aliphatic carbocycles. The second-order valence-corrected chi connectivity index (χ2v) is 6.27. The lowest BCUT2D eigenvalue weighted by Gasteiger charge is -2.07. The Balaban J connectivity index is 1.73. The van der Waals surface area contributed by atoms with Crippen LogP contribution >= 0.6 is 11.3 Å². The number of nitrogens with one attached hydrogen (secondary N) is 1. The van der Waals surface area contributed by atoms with E-state index in [0.29, 0.717) is 18.0 Å². The van der Waals surface area contributed by atoms with E-state index in [9.17, 15) is 9.59 Å². The fourth-order valence-electron chi connectivity index (χ4n) is 2.14. The number of hydrogen-bond acceptors (Lipinski definition) is 6. The van der Waals surface area contributed by atoms with Crippen LogP contribution in [0.5, 0.6) is 11.5 Å². The molecule has 0 spiro atoms. The van der Waals surface area contributed by atoms with Crippen LogP contribution in [0.1, 0.15) is 10.4 Å². The lowest BCUT2D eigenvalue weighted by molar-refractivity contribution is -0.143. The van der Waals surface area contributed by atoms with E-state index in [1.807, 2.05) is 17.5 Å². The molecule has 26 heavy (non-hydrogen) atoms. The molecule has 138 valence electrons. The number of carbonyl (C=O) groups is 2. The second kappa shape index (κ2) is 10.2. The van der Waals surface area contributed by atoms with E-state index in [0.717, 1.165) is 12.0 Å². The number of thiophene rings is 1. The topological polar surface area (TPSA) is 73.9 Å². The van der Waals surface area contributed by atoms with Crippen LogP contribution in [0, 0.1) is 0 Å². The minimum atomic E-state index is -0.590. The molecule has 1 amide bonds. The van der Waals surface area contributed by atoms with Crippen LogP contribution in [-0.2, 0) is 20.7 Å². The summed E-state index contributed by atoms with van der Waals surface area (Å²) in [6.07, 6.45) is 3.61. The first kappa shape index (κ1) is 19.5. The van der Waals surface area contributed by atoms with E-state index < -0.39 is 5.97 Å². The standard InChI is InChI=1S/C19H21NO5S/c1-23-16-7-5-14(12-17(16)24-2)6-8-19(22)25-13-18(21)20-10-9-15-4-3-11-26-15/h3-8,11-12H,9-10,13H2,1-2H3,(H,20,21)/b8-6+. The van der Waals surface area contributed by atoms with Crippen LogP contribution in [0.4, 0.5) is 0 Å². The van der Waals surface area contributed by atoms with E-state index in [2.05, 4.69) is 5.32 Å². The summed E-state index contributed by atoms with van der Waals surface area (Å²) in [5.41, 5.74) is 0.750. The first-order valence-corrected chi connectivity index (χ1v) is 8.86. The summed E-state index contributed by atoms with van der Waals surface area (Å²) >= 11 is 1.64. The van der Waals surface area contributed by atoms with Crippen LogP contribution in [0.3, 0.4) is 0 Å². The van der Waals surface area contributed by atoms with Gasteiger partial charge in [0.2, 0.25) is 0 Å². The van der Waals surface area contributed by atoms with Crippen LogP contribution < -0.4 is 14.8 Å². The molecule has 7 heteroatoms. The van der Waals surface area contributed by atoms with Gasteiger partial charge < -0.3 is 19.5 Å². The van der Waals surface area contributed by atoms with Crippen LogP contribution in [0.25, 0.3) is 6.08 Å². The van der Waals surface area contributed by atoms with Crippen molar-refractivity contribution in [3.05, 3.63) is 52.2 Å². The van der Waals surface area contributed by atoms with Gasteiger partial charge in [0.25, 0.3) is 5.91 Å². The lowest BCUT2D eigenvalue weighted by atomic mass is 10.2. The predicted octanol–water partition coefficient (Wildman–Crippen LogP) is 2.68. The molecule has 0 saturated heterocycles. The van der Waals surface area contributed by atoms with Gasteiger partial charge in [-0.25, -0.2) is 4.79 Å².